The van der Waals surface area contributed by atoms with Crippen molar-refractivity contribution in [2.24, 2.45) is 0 Å². The fourth-order valence-electron chi connectivity index (χ4n) is 3.42. The van der Waals surface area contributed by atoms with Gasteiger partial charge in [0.25, 0.3) is 0 Å². The smallest absolute Gasteiger partial charge is 0.223 e. The number of carbonyl (C=O) groups excluding carboxylic acids is 1. The molecule has 0 bridgehead atoms. The summed E-state index contributed by atoms with van der Waals surface area (Å²) in [6.45, 7) is 1.15. The molecule has 7 nitrogen and oxygen atoms in total. The summed E-state index contributed by atoms with van der Waals surface area (Å²) in [6, 6.07) is 13.6. The standard InChI is InChI=1S/C21H23N5O2/c27-20(11-14-28-18-6-2-1-3-7-18)23-17-8-9-19-24-25-21(26(19)13-10-17)16-5-4-12-22-15-16/h1-7,12,15,17H,8-11,13-14H2,(H,23,27). The second kappa shape index (κ2) is 8.65. The lowest BCUT2D eigenvalue weighted by atomic mass is 10.1. The number of fused-ring (bicyclic) bond motifs is 1. The number of ether oxygens (including phenoxy) is 1. The van der Waals surface area contributed by atoms with Crippen molar-refractivity contribution in [2.75, 3.05) is 6.61 Å². The normalized spacial score (nSPS) is 16.1. The Balaban J connectivity index is 1.29. The first-order valence-electron chi connectivity index (χ1n) is 9.59. The van der Waals surface area contributed by atoms with Crippen molar-refractivity contribution in [1.82, 2.24) is 25.1 Å². The highest BCUT2D eigenvalue weighted by molar-refractivity contribution is 5.76. The Morgan fingerprint density at radius 3 is 2.86 bits per heavy atom. The summed E-state index contributed by atoms with van der Waals surface area (Å²) in [5, 5.41) is 11.8. The molecule has 1 amide bonds. The number of rotatable bonds is 6. The van der Waals surface area contributed by atoms with Crippen LogP contribution in [0.25, 0.3) is 11.4 Å². The van der Waals surface area contributed by atoms with Crippen LogP contribution in [-0.4, -0.2) is 38.3 Å². The molecule has 0 saturated heterocycles. The van der Waals surface area contributed by atoms with E-state index in [1.807, 2.05) is 42.5 Å². The Labute approximate surface area is 163 Å². The minimum absolute atomic E-state index is 0.0195. The summed E-state index contributed by atoms with van der Waals surface area (Å²) in [6.07, 6.45) is 6.39. The van der Waals surface area contributed by atoms with E-state index in [1.165, 1.54) is 0 Å². The molecule has 1 aliphatic heterocycles. The highest BCUT2D eigenvalue weighted by atomic mass is 16.5. The van der Waals surface area contributed by atoms with Crippen LogP contribution in [0, 0.1) is 0 Å². The van der Waals surface area contributed by atoms with Gasteiger partial charge in [-0.3, -0.25) is 9.78 Å². The van der Waals surface area contributed by atoms with Crippen molar-refractivity contribution in [1.29, 1.82) is 0 Å². The third-order valence-electron chi connectivity index (χ3n) is 4.87. The second-order valence-corrected chi connectivity index (χ2v) is 6.84. The van der Waals surface area contributed by atoms with Crippen LogP contribution < -0.4 is 10.1 Å². The lowest BCUT2D eigenvalue weighted by Crippen LogP contribution is -2.35. The van der Waals surface area contributed by atoms with Crippen molar-refractivity contribution in [3.8, 4) is 17.1 Å². The summed E-state index contributed by atoms with van der Waals surface area (Å²) in [5.74, 6) is 2.60. The van der Waals surface area contributed by atoms with Gasteiger partial charge in [-0.25, -0.2) is 0 Å². The van der Waals surface area contributed by atoms with E-state index >= 15 is 0 Å². The van der Waals surface area contributed by atoms with Gasteiger partial charge in [0.1, 0.15) is 11.6 Å². The monoisotopic (exact) mass is 377 g/mol. The molecule has 144 valence electrons. The largest absolute Gasteiger partial charge is 0.493 e. The van der Waals surface area contributed by atoms with E-state index in [0.29, 0.717) is 13.0 Å². The van der Waals surface area contributed by atoms with Crippen LogP contribution in [0.1, 0.15) is 25.1 Å². The fourth-order valence-corrected chi connectivity index (χ4v) is 3.42. The van der Waals surface area contributed by atoms with Crippen LogP contribution in [0.15, 0.2) is 54.9 Å². The van der Waals surface area contributed by atoms with E-state index in [-0.39, 0.29) is 11.9 Å². The van der Waals surface area contributed by atoms with Gasteiger partial charge in [0.15, 0.2) is 5.82 Å². The Morgan fingerprint density at radius 1 is 1.14 bits per heavy atom. The highest BCUT2D eigenvalue weighted by Gasteiger charge is 2.22. The number of carbonyl (C=O) groups is 1. The van der Waals surface area contributed by atoms with Crippen molar-refractivity contribution in [2.45, 2.75) is 38.3 Å². The maximum atomic E-state index is 12.3. The second-order valence-electron chi connectivity index (χ2n) is 6.84. The average molecular weight is 377 g/mol. The Morgan fingerprint density at radius 2 is 2.04 bits per heavy atom. The number of hydrogen-bond acceptors (Lipinski definition) is 5. The summed E-state index contributed by atoms with van der Waals surface area (Å²) < 4.78 is 7.74. The topological polar surface area (TPSA) is 81.9 Å². The third-order valence-corrected chi connectivity index (χ3v) is 4.87. The Bertz CT molecular complexity index is 911. The number of aromatic nitrogens is 4. The number of hydrogen-bond donors (Lipinski definition) is 1. The number of pyridine rings is 1. The molecule has 7 heteroatoms. The van der Waals surface area contributed by atoms with Crippen molar-refractivity contribution in [3.05, 3.63) is 60.7 Å². The fraction of sp³-hybridized carbons (Fsp3) is 0.333. The van der Waals surface area contributed by atoms with Gasteiger partial charge in [-0.15, -0.1) is 10.2 Å². The van der Waals surface area contributed by atoms with E-state index in [2.05, 4.69) is 25.1 Å². The molecule has 4 rings (SSSR count). The minimum atomic E-state index is 0.0195. The SMILES string of the molecule is O=C(CCOc1ccccc1)NC1CCc2nnc(-c3cccnc3)n2CC1. The van der Waals surface area contributed by atoms with Crippen LogP contribution >= 0.6 is 0 Å². The van der Waals surface area contributed by atoms with E-state index < -0.39 is 0 Å². The van der Waals surface area contributed by atoms with Gasteiger partial charge < -0.3 is 14.6 Å². The Kier molecular flexibility index (Phi) is 5.61. The molecule has 0 aliphatic carbocycles. The van der Waals surface area contributed by atoms with E-state index in [9.17, 15) is 4.79 Å². The zero-order valence-electron chi connectivity index (χ0n) is 15.6. The lowest BCUT2D eigenvalue weighted by Gasteiger charge is -2.16. The Hall–Kier alpha value is -3.22. The summed E-state index contributed by atoms with van der Waals surface area (Å²) in [4.78, 5) is 16.4. The summed E-state index contributed by atoms with van der Waals surface area (Å²) in [7, 11) is 0. The van der Waals surface area contributed by atoms with Crippen molar-refractivity contribution < 1.29 is 9.53 Å². The van der Waals surface area contributed by atoms with Crippen LogP contribution in [0.5, 0.6) is 5.75 Å². The molecule has 1 atom stereocenters. The first-order valence-corrected chi connectivity index (χ1v) is 9.59. The van der Waals surface area contributed by atoms with Crippen LogP contribution in [-0.2, 0) is 17.8 Å². The first-order chi connectivity index (χ1) is 13.8. The third kappa shape index (κ3) is 4.36. The van der Waals surface area contributed by atoms with Gasteiger partial charge in [0.05, 0.1) is 13.0 Å². The molecule has 0 fully saturated rings. The number of amides is 1. The molecule has 1 unspecified atom stereocenters. The molecule has 1 aliphatic rings. The molecule has 28 heavy (non-hydrogen) atoms. The molecular weight excluding hydrogens is 354 g/mol. The van der Waals surface area contributed by atoms with E-state index in [1.54, 1.807) is 12.4 Å². The van der Waals surface area contributed by atoms with Crippen LogP contribution in [0.3, 0.4) is 0 Å². The zero-order chi connectivity index (χ0) is 19.2. The first kappa shape index (κ1) is 18.2. The summed E-state index contributed by atoms with van der Waals surface area (Å²) in [5.41, 5.74) is 0.960. The molecule has 0 saturated carbocycles. The van der Waals surface area contributed by atoms with Gasteiger partial charge in [-0.1, -0.05) is 18.2 Å². The highest BCUT2D eigenvalue weighted by Crippen LogP contribution is 2.22. The lowest BCUT2D eigenvalue weighted by molar-refractivity contribution is -0.122. The number of nitrogens with one attached hydrogen (secondary N) is 1. The molecular formula is C21H23N5O2. The molecule has 0 spiro atoms. The predicted octanol–water partition coefficient (Wildman–Crippen LogP) is 2.63. The molecule has 2 aromatic heterocycles. The van der Waals surface area contributed by atoms with Crippen LogP contribution in [0.4, 0.5) is 0 Å². The molecule has 1 aromatic carbocycles. The zero-order valence-corrected chi connectivity index (χ0v) is 15.6. The van der Waals surface area contributed by atoms with Gasteiger partial charge in [-0.05, 0) is 37.1 Å². The maximum Gasteiger partial charge on any atom is 0.223 e. The van der Waals surface area contributed by atoms with Crippen molar-refractivity contribution >= 4 is 5.91 Å². The van der Waals surface area contributed by atoms with Gasteiger partial charge in [0.2, 0.25) is 5.91 Å². The van der Waals surface area contributed by atoms with Crippen molar-refractivity contribution in [3.63, 3.8) is 0 Å². The van der Waals surface area contributed by atoms with E-state index in [0.717, 1.165) is 48.8 Å². The number of aryl methyl sites for hydroxylation is 1. The van der Waals surface area contributed by atoms with Gasteiger partial charge in [-0.2, -0.15) is 0 Å². The van der Waals surface area contributed by atoms with Gasteiger partial charge in [0, 0.05) is 37.0 Å². The predicted molar refractivity (Wildman–Crippen MR) is 105 cm³/mol. The number of benzene rings is 1. The molecule has 1 N–H and O–H groups in total. The average Bonchev–Trinajstić information content (AvgIpc) is 3.04. The number of nitrogens with zero attached hydrogens (tertiary/aromatic N) is 4. The van der Waals surface area contributed by atoms with Crippen LogP contribution in [0.2, 0.25) is 0 Å². The molecule has 3 heterocycles. The number of para-hydroxylation sites is 1. The quantitative estimate of drug-likeness (QED) is 0.714. The molecule has 0 radical (unpaired) electrons. The summed E-state index contributed by atoms with van der Waals surface area (Å²) >= 11 is 0. The van der Waals surface area contributed by atoms with E-state index in [4.69, 9.17) is 4.74 Å². The maximum absolute atomic E-state index is 12.3. The minimum Gasteiger partial charge on any atom is -0.493 e. The molecule has 3 aromatic rings. The van der Waals surface area contributed by atoms with Gasteiger partial charge >= 0.3 is 0 Å².